The predicted molar refractivity (Wildman–Crippen MR) is 136 cm³/mol. The highest BCUT2D eigenvalue weighted by molar-refractivity contribution is 7.92. The van der Waals surface area contributed by atoms with Crippen LogP contribution in [0.25, 0.3) is 21.7 Å². The lowest BCUT2D eigenvalue weighted by Crippen LogP contribution is -2.32. The molecule has 5 aromatic rings. The number of pyridine rings is 1. The van der Waals surface area contributed by atoms with Gasteiger partial charge in [-0.25, -0.2) is 22.5 Å². The SMILES string of the molecule is Cc1c(N(Cc2cc3ccccc3n2C)S(=O)(=O)c2ccc(C(=O)O)cc2)ncc2ccccc12. The molecule has 0 spiro atoms. The molecule has 0 amide bonds. The lowest BCUT2D eigenvalue weighted by atomic mass is 10.1. The summed E-state index contributed by atoms with van der Waals surface area (Å²) in [5.41, 5.74) is 2.55. The van der Waals surface area contributed by atoms with Gasteiger partial charge >= 0.3 is 5.97 Å². The van der Waals surface area contributed by atoms with Crippen molar-refractivity contribution in [1.29, 1.82) is 0 Å². The van der Waals surface area contributed by atoms with Gasteiger partial charge in [0.05, 0.1) is 17.0 Å². The Hall–Kier alpha value is -4.17. The molecule has 0 saturated heterocycles. The maximum atomic E-state index is 14.0. The molecule has 0 aliphatic carbocycles. The van der Waals surface area contributed by atoms with Gasteiger partial charge in [0, 0.05) is 35.4 Å². The summed E-state index contributed by atoms with van der Waals surface area (Å²) >= 11 is 0. The lowest BCUT2D eigenvalue weighted by molar-refractivity contribution is 0.0696. The summed E-state index contributed by atoms with van der Waals surface area (Å²) < 4.78 is 31.2. The van der Waals surface area contributed by atoms with Crippen LogP contribution in [0.15, 0.2) is 90.0 Å². The van der Waals surface area contributed by atoms with Crippen molar-refractivity contribution < 1.29 is 18.3 Å². The highest BCUT2D eigenvalue weighted by atomic mass is 32.2. The third-order valence-electron chi connectivity index (χ3n) is 6.31. The molecule has 3 aromatic carbocycles. The molecule has 2 heterocycles. The van der Waals surface area contributed by atoms with Gasteiger partial charge in [-0.05, 0) is 54.1 Å². The van der Waals surface area contributed by atoms with E-state index in [1.165, 1.54) is 28.6 Å². The third-order valence-corrected chi connectivity index (χ3v) is 8.06. The van der Waals surface area contributed by atoms with Crippen LogP contribution in [-0.4, -0.2) is 29.0 Å². The fourth-order valence-corrected chi connectivity index (χ4v) is 5.81. The molecule has 0 radical (unpaired) electrons. The molecule has 5 rings (SSSR count). The number of hydrogen-bond donors (Lipinski definition) is 1. The van der Waals surface area contributed by atoms with E-state index in [2.05, 4.69) is 4.98 Å². The number of fused-ring (bicyclic) bond motifs is 2. The number of carboxylic acids is 1. The fourth-order valence-electron chi connectivity index (χ4n) is 4.37. The van der Waals surface area contributed by atoms with Crippen molar-refractivity contribution in [2.45, 2.75) is 18.4 Å². The van der Waals surface area contributed by atoms with Gasteiger partial charge in [-0.3, -0.25) is 0 Å². The van der Waals surface area contributed by atoms with E-state index in [1.807, 2.05) is 73.1 Å². The van der Waals surface area contributed by atoms with Gasteiger partial charge in [-0.1, -0.05) is 42.5 Å². The summed E-state index contributed by atoms with van der Waals surface area (Å²) in [4.78, 5) is 15.8. The van der Waals surface area contributed by atoms with Gasteiger partial charge in [-0.2, -0.15) is 0 Å². The van der Waals surface area contributed by atoms with Gasteiger partial charge < -0.3 is 9.67 Å². The largest absolute Gasteiger partial charge is 0.478 e. The Balaban J connectivity index is 1.69. The number of sulfonamides is 1. The van der Waals surface area contributed by atoms with E-state index in [1.54, 1.807) is 6.20 Å². The summed E-state index contributed by atoms with van der Waals surface area (Å²) in [6, 6.07) is 22.8. The van der Waals surface area contributed by atoms with E-state index in [9.17, 15) is 18.3 Å². The van der Waals surface area contributed by atoms with E-state index in [-0.39, 0.29) is 17.0 Å². The monoisotopic (exact) mass is 485 g/mol. The maximum Gasteiger partial charge on any atom is 0.335 e. The molecule has 0 aliphatic rings. The minimum absolute atomic E-state index is 0.00405. The standard InChI is InChI=1S/C27H23N3O4S/c1-18-24-9-5-3-8-21(24)16-28-26(18)30(17-22-15-20-7-4-6-10-25(20)29(22)2)35(33,34)23-13-11-19(12-14-23)27(31)32/h3-16H,17H2,1-2H3,(H,31,32). The smallest absolute Gasteiger partial charge is 0.335 e. The van der Waals surface area contributed by atoms with Gasteiger partial charge in [0.2, 0.25) is 0 Å². The zero-order valence-electron chi connectivity index (χ0n) is 19.2. The molecule has 0 fully saturated rings. The molecule has 1 N–H and O–H groups in total. The number of carbonyl (C=O) groups is 1. The second-order valence-electron chi connectivity index (χ2n) is 8.39. The molecule has 0 aliphatic heterocycles. The second-order valence-corrected chi connectivity index (χ2v) is 10.3. The van der Waals surface area contributed by atoms with E-state index >= 15 is 0 Å². The van der Waals surface area contributed by atoms with Gasteiger partial charge in [0.15, 0.2) is 0 Å². The molecule has 0 atom stereocenters. The van der Waals surface area contributed by atoms with E-state index in [0.717, 1.165) is 32.9 Å². The summed E-state index contributed by atoms with van der Waals surface area (Å²) in [7, 11) is -2.17. The Morgan fingerprint density at radius 1 is 0.971 bits per heavy atom. The van der Waals surface area contributed by atoms with E-state index < -0.39 is 16.0 Å². The van der Waals surface area contributed by atoms with Gasteiger partial charge in [-0.15, -0.1) is 0 Å². The summed E-state index contributed by atoms with van der Waals surface area (Å²) in [5.74, 6) is -0.787. The number of para-hydroxylation sites is 1. The van der Waals surface area contributed by atoms with Crippen molar-refractivity contribution in [3.63, 3.8) is 0 Å². The highest BCUT2D eigenvalue weighted by Gasteiger charge is 2.29. The number of aromatic carboxylic acids is 1. The third kappa shape index (κ3) is 3.91. The number of hydrogen-bond acceptors (Lipinski definition) is 4. The first-order valence-corrected chi connectivity index (χ1v) is 12.4. The summed E-state index contributed by atoms with van der Waals surface area (Å²) in [6.45, 7) is 1.92. The average molecular weight is 486 g/mol. The van der Waals surface area contributed by atoms with Crippen molar-refractivity contribution in [1.82, 2.24) is 9.55 Å². The number of carboxylic acid groups (broad SMARTS) is 1. The van der Waals surface area contributed by atoms with Crippen LogP contribution in [-0.2, 0) is 23.6 Å². The number of rotatable bonds is 6. The molecular weight excluding hydrogens is 462 g/mol. The Bertz CT molecular complexity index is 1690. The molecule has 176 valence electrons. The van der Waals surface area contributed by atoms with Crippen LogP contribution in [0, 0.1) is 6.92 Å². The van der Waals surface area contributed by atoms with E-state index in [4.69, 9.17) is 0 Å². The zero-order valence-corrected chi connectivity index (χ0v) is 20.0. The van der Waals surface area contributed by atoms with Crippen molar-refractivity contribution in [2.75, 3.05) is 4.31 Å². The number of aromatic nitrogens is 2. The molecule has 0 saturated carbocycles. The van der Waals surface area contributed by atoms with Crippen LogP contribution in [0.5, 0.6) is 0 Å². The average Bonchev–Trinajstić information content (AvgIpc) is 3.18. The van der Waals surface area contributed by atoms with E-state index in [0.29, 0.717) is 5.82 Å². The summed E-state index contributed by atoms with van der Waals surface area (Å²) in [5, 5.41) is 12.1. The van der Waals surface area contributed by atoms with Crippen molar-refractivity contribution >= 4 is 43.5 Å². The van der Waals surface area contributed by atoms with Crippen LogP contribution in [0.4, 0.5) is 5.82 Å². The minimum atomic E-state index is -4.08. The molecule has 0 bridgehead atoms. The molecule has 0 unspecified atom stereocenters. The van der Waals surface area contributed by atoms with Gasteiger partial charge in [0.25, 0.3) is 10.0 Å². The normalized spacial score (nSPS) is 11.7. The number of nitrogens with zero attached hydrogens (tertiary/aromatic N) is 3. The fraction of sp³-hybridized carbons (Fsp3) is 0.111. The van der Waals surface area contributed by atoms with Crippen LogP contribution in [0.1, 0.15) is 21.6 Å². The predicted octanol–water partition coefficient (Wildman–Crippen LogP) is 5.13. The van der Waals surface area contributed by atoms with Gasteiger partial charge in [0.1, 0.15) is 5.82 Å². The molecule has 35 heavy (non-hydrogen) atoms. The number of benzene rings is 3. The number of anilines is 1. The van der Waals surface area contributed by atoms with Crippen LogP contribution < -0.4 is 4.31 Å². The van der Waals surface area contributed by atoms with Crippen LogP contribution >= 0.6 is 0 Å². The first-order valence-electron chi connectivity index (χ1n) is 11.0. The lowest BCUT2D eigenvalue weighted by Gasteiger charge is -2.26. The Labute approximate surface area is 202 Å². The minimum Gasteiger partial charge on any atom is -0.478 e. The molecular formula is C27H23N3O4S. The first-order chi connectivity index (χ1) is 16.8. The second kappa shape index (κ2) is 8.56. The quantitative estimate of drug-likeness (QED) is 0.360. The molecule has 8 heteroatoms. The highest BCUT2D eigenvalue weighted by Crippen LogP contribution is 2.32. The zero-order chi connectivity index (χ0) is 24.7. The van der Waals surface area contributed by atoms with Crippen LogP contribution in [0.3, 0.4) is 0 Å². The first kappa shape index (κ1) is 22.6. The maximum absolute atomic E-state index is 14.0. The van der Waals surface area contributed by atoms with Crippen molar-refractivity contribution in [3.8, 4) is 0 Å². The van der Waals surface area contributed by atoms with Crippen LogP contribution in [0.2, 0.25) is 0 Å². The Morgan fingerprint density at radius 2 is 1.63 bits per heavy atom. The Kier molecular flexibility index (Phi) is 5.53. The Morgan fingerprint density at radius 3 is 2.31 bits per heavy atom. The topological polar surface area (TPSA) is 92.5 Å². The van der Waals surface area contributed by atoms with Crippen molar-refractivity contribution in [3.05, 3.63) is 102 Å². The molecule has 2 aromatic heterocycles. The number of aryl methyl sites for hydroxylation is 2. The summed E-state index contributed by atoms with van der Waals surface area (Å²) in [6.07, 6.45) is 1.68. The van der Waals surface area contributed by atoms with Crippen molar-refractivity contribution in [2.24, 2.45) is 7.05 Å². The molecule has 7 nitrogen and oxygen atoms in total.